The van der Waals surface area contributed by atoms with Crippen molar-refractivity contribution >= 4 is 13.9 Å². The third-order valence-corrected chi connectivity index (χ3v) is 1.63. The number of hydrogen-bond acceptors (Lipinski definition) is 3. The molecule has 70 valence electrons. The van der Waals surface area contributed by atoms with Crippen molar-refractivity contribution < 1.29 is 18.9 Å². The summed E-state index contributed by atoms with van der Waals surface area (Å²) in [6.07, 6.45) is 2.83. The van der Waals surface area contributed by atoms with E-state index in [4.69, 9.17) is 9.79 Å². The van der Waals surface area contributed by atoms with E-state index in [9.17, 15) is 4.57 Å². The molecule has 0 unspecified atom stereocenters. The van der Waals surface area contributed by atoms with Crippen molar-refractivity contribution in [3.8, 4) is 5.75 Å². The highest BCUT2D eigenvalue weighted by molar-refractivity contribution is 7.46. The third kappa shape index (κ3) is 3.38. The van der Waals surface area contributed by atoms with Crippen LogP contribution in [-0.4, -0.2) is 14.8 Å². The van der Waals surface area contributed by atoms with Crippen LogP contribution in [0.15, 0.2) is 24.9 Å². The van der Waals surface area contributed by atoms with Crippen LogP contribution in [0.4, 0.5) is 0 Å². The van der Waals surface area contributed by atoms with E-state index in [2.05, 4.69) is 16.1 Å². The molecule has 0 bridgehead atoms. The molecule has 0 aliphatic carbocycles. The van der Waals surface area contributed by atoms with E-state index in [1.165, 1.54) is 24.4 Å². The topological polar surface area (TPSA) is 79.7 Å². The van der Waals surface area contributed by atoms with Crippen LogP contribution >= 0.6 is 7.82 Å². The van der Waals surface area contributed by atoms with Gasteiger partial charge in [-0.2, -0.15) is 0 Å². The summed E-state index contributed by atoms with van der Waals surface area (Å²) in [5, 5.41) is 0. The maximum atomic E-state index is 10.4. The zero-order valence-electron chi connectivity index (χ0n) is 6.62. The van der Waals surface area contributed by atoms with Gasteiger partial charge in [0.25, 0.3) is 0 Å². The largest absolute Gasteiger partial charge is 0.524 e. The molecule has 2 N–H and O–H groups in total. The first kappa shape index (κ1) is 9.92. The number of phosphoric ester groups is 1. The van der Waals surface area contributed by atoms with Crippen LogP contribution in [0.3, 0.4) is 0 Å². The van der Waals surface area contributed by atoms with E-state index in [0.29, 0.717) is 5.69 Å². The molecule has 1 rings (SSSR count). The van der Waals surface area contributed by atoms with Gasteiger partial charge in [0.05, 0.1) is 5.69 Å². The Morgan fingerprint density at radius 2 is 2.31 bits per heavy atom. The molecule has 0 aromatic carbocycles. The van der Waals surface area contributed by atoms with E-state index >= 15 is 0 Å². The van der Waals surface area contributed by atoms with E-state index in [0.717, 1.165) is 0 Å². The zero-order chi connectivity index (χ0) is 9.90. The maximum absolute atomic E-state index is 10.4. The minimum atomic E-state index is -4.48. The Balaban J connectivity index is 2.90. The Labute approximate surface area is 74.9 Å². The molecule has 5 nitrogen and oxygen atoms in total. The molecule has 0 radical (unpaired) electrons. The molecule has 0 saturated carbocycles. The number of nitrogens with zero attached hydrogens (tertiary/aromatic N) is 1. The van der Waals surface area contributed by atoms with Gasteiger partial charge in [-0.3, -0.25) is 14.8 Å². The van der Waals surface area contributed by atoms with Crippen molar-refractivity contribution in [1.29, 1.82) is 0 Å². The van der Waals surface area contributed by atoms with Gasteiger partial charge in [0, 0.05) is 12.3 Å². The molecular weight excluding hydrogens is 193 g/mol. The summed E-state index contributed by atoms with van der Waals surface area (Å²) >= 11 is 0. The molecular formula is C7H8NO4P. The van der Waals surface area contributed by atoms with Gasteiger partial charge in [0.15, 0.2) is 0 Å². The average molecular weight is 201 g/mol. The van der Waals surface area contributed by atoms with Crippen LogP contribution < -0.4 is 4.52 Å². The first-order valence-electron chi connectivity index (χ1n) is 3.35. The lowest BCUT2D eigenvalue weighted by Crippen LogP contribution is -1.91. The molecule has 1 aromatic rings. The molecule has 0 spiro atoms. The van der Waals surface area contributed by atoms with Crippen LogP contribution in [0.1, 0.15) is 5.69 Å². The summed E-state index contributed by atoms with van der Waals surface area (Å²) in [7, 11) is -4.48. The van der Waals surface area contributed by atoms with Crippen molar-refractivity contribution in [2.45, 2.75) is 0 Å². The molecule has 0 aliphatic rings. The smallest absolute Gasteiger partial charge is 0.404 e. The van der Waals surface area contributed by atoms with Crippen LogP contribution in [0.25, 0.3) is 6.08 Å². The van der Waals surface area contributed by atoms with Gasteiger partial charge in [-0.15, -0.1) is 0 Å². The first-order valence-corrected chi connectivity index (χ1v) is 4.88. The predicted octanol–water partition coefficient (Wildman–Crippen LogP) is 1.20. The van der Waals surface area contributed by atoms with Gasteiger partial charge in [-0.1, -0.05) is 6.58 Å². The molecule has 0 amide bonds. The van der Waals surface area contributed by atoms with Crippen molar-refractivity contribution in [3.05, 3.63) is 30.6 Å². The zero-order valence-corrected chi connectivity index (χ0v) is 7.52. The minimum absolute atomic E-state index is 0.0678. The Hall–Kier alpha value is -1.16. The number of aromatic nitrogens is 1. The quantitative estimate of drug-likeness (QED) is 0.718. The van der Waals surface area contributed by atoms with E-state index < -0.39 is 7.82 Å². The predicted molar refractivity (Wildman–Crippen MR) is 47.0 cm³/mol. The average Bonchev–Trinajstić information content (AvgIpc) is 2.01. The molecule has 0 atom stereocenters. The number of hydrogen-bond donors (Lipinski definition) is 2. The van der Waals surface area contributed by atoms with Gasteiger partial charge in [0.1, 0.15) is 5.75 Å². The van der Waals surface area contributed by atoms with Gasteiger partial charge >= 0.3 is 7.82 Å². The van der Waals surface area contributed by atoms with Crippen molar-refractivity contribution in [2.75, 3.05) is 0 Å². The molecule has 0 fully saturated rings. The highest BCUT2D eigenvalue weighted by Gasteiger charge is 2.15. The van der Waals surface area contributed by atoms with Crippen molar-refractivity contribution in [2.24, 2.45) is 0 Å². The summed E-state index contributed by atoms with van der Waals surface area (Å²) in [5.41, 5.74) is 0.492. The fourth-order valence-electron chi connectivity index (χ4n) is 0.734. The lowest BCUT2D eigenvalue weighted by atomic mass is 10.3. The molecule has 1 heterocycles. The van der Waals surface area contributed by atoms with E-state index in [-0.39, 0.29) is 5.75 Å². The Bertz CT molecular complexity index is 359. The monoisotopic (exact) mass is 201 g/mol. The second-order valence-electron chi connectivity index (χ2n) is 2.20. The number of rotatable bonds is 3. The summed E-state index contributed by atoms with van der Waals surface area (Å²) in [4.78, 5) is 20.8. The normalized spacial score (nSPS) is 10.9. The van der Waals surface area contributed by atoms with Gasteiger partial charge in [0.2, 0.25) is 0 Å². The summed E-state index contributed by atoms with van der Waals surface area (Å²) < 4.78 is 14.7. The van der Waals surface area contributed by atoms with Crippen LogP contribution in [-0.2, 0) is 4.57 Å². The first-order chi connectivity index (χ1) is 6.01. The molecule has 13 heavy (non-hydrogen) atoms. The van der Waals surface area contributed by atoms with Crippen LogP contribution in [0, 0.1) is 0 Å². The Kier molecular flexibility index (Phi) is 2.83. The molecule has 0 aliphatic heterocycles. The second-order valence-corrected chi connectivity index (χ2v) is 3.37. The highest BCUT2D eigenvalue weighted by Crippen LogP contribution is 2.37. The Morgan fingerprint density at radius 1 is 1.62 bits per heavy atom. The van der Waals surface area contributed by atoms with Crippen LogP contribution in [0.5, 0.6) is 5.75 Å². The SMILES string of the molecule is C=Cc1cc(OP(=O)(O)O)ccn1. The molecule has 1 aromatic heterocycles. The second kappa shape index (κ2) is 3.70. The van der Waals surface area contributed by atoms with Gasteiger partial charge < -0.3 is 4.52 Å². The lowest BCUT2D eigenvalue weighted by Gasteiger charge is -2.05. The standard InChI is InChI=1S/C7H8NO4P/c1-2-6-5-7(3-4-8-6)12-13(9,10)11/h2-5H,1H2,(H2,9,10,11). The highest BCUT2D eigenvalue weighted by atomic mass is 31.2. The summed E-state index contributed by atoms with van der Waals surface area (Å²) in [6.45, 7) is 3.46. The fraction of sp³-hybridized carbons (Fsp3) is 0. The molecule has 6 heteroatoms. The fourth-order valence-corrected chi connectivity index (χ4v) is 1.12. The van der Waals surface area contributed by atoms with Gasteiger partial charge in [-0.25, -0.2) is 4.57 Å². The minimum Gasteiger partial charge on any atom is -0.404 e. The van der Waals surface area contributed by atoms with Crippen molar-refractivity contribution in [1.82, 2.24) is 4.98 Å². The van der Waals surface area contributed by atoms with Gasteiger partial charge in [-0.05, 0) is 12.1 Å². The summed E-state index contributed by atoms with van der Waals surface area (Å²) in [6, 6.07) is 2.73. The third-order valence-electron chi connectivity index (χ3n) is 1.19. The van der Waals surface area contributed by atoms with E-state index in [1.807, 2.05) is 0 Å². The summed E-state index contributed by atoms with van der Waals surface area (Å²) in [5.74, 6) is 0.0678. The maximum Gasteiger partial charge on any atom is 0.524 e. The lowest BCUT2D eigenvalue weighted by molar-refractivity contribution is 0.283. The molecule has 0 saturated heterocycles. The number of pyridine rings is 1. The Morgan fingerprint density at radius 3 is 2.85 bits per heavy atom. The van der Waals surface area contributed by atoms with Crippen molar-refractivity contribution in [3.63, 3.8) is 0 Å². The van der Waals surface area contributed by atoms with Crippen LogP contribution in [0.2, 0.25) is 0 Å². The van der Waals surface area contributed by atoms with E-state index in [1.54, 1.807) is 0 Å². The number of phosphoric acid groups is 1.